The molecular formula is C24H27N3. The highest BCUT2D eigenvalue weighted by atomic mass is 15.2. The average Bonchev–Trinajstić information content (AvgIpc) is 3.29. The molecule has 1 aromatic heterocycles. The highest BCUT2D eigenvalue weighted by Crippen LogP contribution is 2.27. The monoisotopic (exact) mass is 357 g/mol. The van der Waals surface area contributed by atoms with E-state index in [0.717, 1.165) is 25.1 Å². The van der Waals surface area contributed by atoms with Crippen molar-refractivity contribution >= 4 is 10.9 Å². The van der Waals surface area contributed by atoms with Gasteiger partial charge in [-0.3, -0.25) is 4.90 Å². The number of fused-ring (bicyclic) bond motifs is 1. The molecule has 0 amide bonds. The fourth-order valence-corrected chi connectivity index (χ4v) is 4.52. The number of hydrogen-bond acceptors (Lipinski definition) is 2. The third-order valence-corrected chi connectivity index (χ3v) is 5.90. The second-order valence-corrected chi connectivity index (χ2v) is 7.56. The van der Waals surface area contributed by atoms with E-state index in [-0.39, 0.29) is 0 Å². The molecule has 3 aromatic rings. The van der Waals surface area contributed by atoms with Gasteiger partial charge < -0.3 is 4.57 Å². The first-order valence-electron chi connectivity index (χ1n) is 10.1. The van der Waals surface area contributed by atoms with E-state index in [1.54, 1.807) is 0 Å². The third-order valence-electron chi connectivity index (χ3n) is 5.90. The molecule has 1 aliphatic rings. The summed E-state index contributed by atoms with van der Waals surface area (Å²) in [4.78, 5) is 2.65. The Labute approximate surface area is 161 Å². The van der Waals surface area contributed by atoms with Crippen molar-refractivity contribution in [2.45, 2.75) is 51.7 Å². The molecule has 0 bridgehead atoms. The first kappa shape index (κ1) is 17.8. The van der Waals surface area contributed by atoms with Crippen LogP contribution in [0.25, 0.3) is 10.9 Å². The molecule has 3 nitrogen and oxygen atoms in total. The van der Waals surface area contributed by atoms with Crippen LogP contribution in [-0.4, -0.2) is 22.1 Å². The molecule has 0 aliphatic carbocycles. The van der Waals surface area contributed by atoms with E-state index in [1.807, 2.05) is 12.1 Å². The Hall–Kier alpha value is -2.57. The molecule has 0 spiro atoms. The van der Waals surface area contributed by atoms with Crippen LogP contribution in [-0.2, 0) is 19.5 Å². The van der Waals surface area contributed by atoms with E-state index in [9.17, 15) is 5.26 Å². The standard InChI is InChI=1S/C24H27N3/c1-2-27-23(16-21-11-10-20(17-25)15-24(21)27)13-12-22-9-6-14-26(22)18-19-7-4-3-5-8-19/h3-5,7-8,10-11,15-16,22H,2,6,9,12-14,18H2,1H3. The minimum Gasteiger partial charge on any atom is -0.345 e. The lowest BCUT2D eigenvalue weighted by Gasteiger charge is -2.24. The molecule has 1 atom stereocenters. The molecule has 1 unspecified atom stereocenters. The Morgan fingerprint density at radius 2 is 1.96 bits per heavy atom. The lowest BCUT2D eigenvalue weighted by Crippen LogP contribution is -2.29. The van der Waals surface area contributed by atoms with E-state index in [1.165, 1.54) is 48.0 Å². The van der Waals surface area contributed by atoms with Crippen molar-refractivity contribution in [2.24, 2.45) is 0 Å². The van der Waals surface area contributed by atoms with Crippen LogP contribution in [0.2, 0.25) is 0 Å². The minimum absolute atomic E-state index is 0.670. The van der Waals surface area contributed by atoms with Gasteiger partial charge in [0.1, 0.15) is 0 Å². The predicted octanol–water partition coefficient (Wildman–Crippen LogP) is 5.13. The largest absolute Gasteiger partial charge is 0.345 e. The maximum absolute atomic E-state index is 9.20. The van der Waals surface area contributed by atoms with Gasteiger partial charge in [0, 0.05) is 30.3 Å². The number of hydrogen-bond donors (Lipinski definition) is 0. The summed E-state index contributed by atoms with van der Waals surface area (Å²) >= 11 is 0. The van der Waals surface area contributed by atoms with E-state index in [2.05, 4.69) is 64.9 Å². The zero-order valence-corrected chi connectivity index (χ0v) is 16.1. The van der Waals surface area contributed by atoms with Crippen LogP contribution in [0.1, 0.15) is 43.0 Å². The van der Waals surface area contributed by atoms with Gasteiger partial charge in [0.15, 0.2) is 0 Å². The smallest absolute Gasteiger partial charge is 0.0992 e. The summed E-state index contributed by atoms with van der Waals surface area (Å²) in [7, 11) is 0. The average molecular weight is 358 g/mol. The third kappa shape index (κ3) is 3.77. The van der Waals surface area contributed by atoms with Gasteiger partial charge >= 0.3 is 0 Å². The summed E-state index contributed by atoms with van der Waals surface area (Å²) in [5.41, 5.74) is 4.75. The molecule has 1 aliphatic heterocycles. The fourth-order valence-electron chi connectivity index (χ4n) is 4.52. The summed E-state index contributed by atoms with van der Waals surface area (Å²) in [6.45, 7) is 5.42. The number of nitriles is 1. The Balaban J connectivity index is 1.48. The van der Waals surface area contributed by atoms with Crippen molar-refractivity contribution in [3.05, 3.63) is 71.4 Å². The van der Waals surface area contributed by atoms with Gasteiger partial charge in [-0.1, -0.05) is 36.4 Å². The quantitative estimate of drug-likeness (QED) is 0.612. The lowest BCUT2D eigenvalue weighted by atomic mass is 10.1. The van der Waals surface area contributed by atoms with Crippen molar-refractivity contribution in [3.63, 3.8) is 0 Å². The van der Waals surface area contributed by atoms with Crippen LogP contribution in [0.4, 0.5) is 0 Å². The van der Waals surface area contributed by atoms with Crippen molar-refractivity contribution in [2.75, 3.05) is 6.54 Å². The first-order chi connectivity index (χ1) is 13.3. The summed E-state index contributed by atoms with van der Waals surface area (Å²) < 4.78 is 2.38. The van der Waals surface area contributed by atoms with Gasteiger partial charge in [0.2, 0.25) is 0 Å². The van der Waals surface area contributed by atoms with Gasteiger partial charge in [0.05, 0.1) is 11.6 Å². The predicted molar refractivity (Wildman–Crippen MR) is 111 cm³/mol. The van der Waals surface area contributed by atoms with Crippen LogP contribution in [0.3, 0.4) is 0 Å². The fraction of sp³-hybridized carbons (Fsp3) is 0.375. The number of aryl methyl sites for hydroxylation is 2. The number of likely N-dealkylation sites (tertiary alicyclic amines) is 1. The van der Waals surface area contributed by atoms with Gasteiger partial charge in [-0.25, -0.2) is 0 Å². The van der Waals surface area contributed by atoms with Crippen LogP contribution in [0, 0.1) is 11.3 Å². The zero-order chi connectivity index (χ0) is 18.6. The van der Waals surface area contributed by atoms with Crippen LogP contribution in [0.5, 0.6) is 0 Å². The van der Waals surface area contributed by atoms with Gasteiger partial charge in [-0.15, -0.1) is 0 Å². The number of rotatable bonds is 6. The van der Waals surface area contributed by atoms with E-state index >= 15 is 0 Å². The van der Waals surface area contributed by atoms with Gasteiger partial charge in [-0.05, 0) is 68.3 Å². The molecule has 27 heavy (non-hydrogen) atoms. The first-order valence-corrected chi connectivity index (χ1v) is 10.1. The van der Waals surface area contributed by atoms with E-state index in [4.69, 9.17) is 0 Å². The van der Waals surface area contributed by atoms with E-state index < -0.39 is 0 Å². The maximum atomic E-state index is 9.20. The maximum Gasteiger partial charge on any atom is 0.0992 e. The van der Waals surface area contributed by atoms with E-state index in [0.29, 0.717) is 6.04 Å². The van der Waals surface area contributed by atoms with Crippen LogP contribution >= 0.6 is 0 Å². The molecular weight excluding hydrogens is 330 g/mol. The summed E-state index contributed by atoms with van der Waals surface area (Å²) in [5.74, 6) is 0. The molecule has 138 valence electrons. The molecule has 1 fully saturated rings. The van der Waals surface area contributed by atoms with Crippen LogP contribution < -0.4 is 0 Å². The molecule has 1 saturated heterocycles. The second kappa shape index (κ2) is 7.98. The highest BCUT2D eigenvalue weighted by Gasteiger charge is 2.24. The Kier molecular flexibility index (Phi) is 5.27. The second-order valence-electron chi connectivity index (χ2n) is 7.56. The molecule has 0 radical (unpaired) electrons. The number of nitrogens with zero attached hydrogens (tertiary/aromatic N) is 3. The molecule has 2 aromatic carbocycles. The molecule has 3 heteroatoms. The van der Waals surface area contributed by atoms with Crippen molar-refractivity contribution in [1.29, 1.82) is 5.26 Å². The van der Waals surface area contributed by atoms with Gasteiger partial charge in [-0.2, -0.15) is 5.26 Å². The Bertz CT molecular complexity index is 949. The summed E-state index contributed by atoms with van der Waals surface area (Å²) in [6.07, 6.45) is 4.91. The number of aromatic nitrogens is 1. The van der Waals surface area contributed by atoms with Crippen molar-refractivity contribution in [3.8, 4) is 6.07 Å². The topological polar surface area (TPSA) is 32.0 Å². The summed E-state index contributed by atoms with van der Waals surface area (Å²) in [5, 5.41) is 10.4. The Morgan fingerprint density at radius 1 is 1.11 bits per heavy atom. The molecule has 4 rings (SSSR count). The van der Waals surface area contributed by atoms with Gasteiger partial charge in [0.25, 0.3) is 0 Å². The SMILES string of the molecule is CCn1c(CCC2CCCN2Cc2ccccc2)cc2ccc(C#N)cc21. The molecule has 0 N–H and O–H groups in total. The number of benzene rings is 2. The minimum atomic E-state index is 0.670. The molecule has 2 heterocycles. The Morgan fingerprint density at radius 3 is 2.74 bits per heavy atom. The highest BCUT2D eigenvalue weighted by molar-refractivity contribution is 5.82. The van der Waals surface area contributed by atoms with Crippen LogP contribution in [0.15, 0.2) is 54.6 Å². The summed E-state index contributed by atoms with van der Waals surface area (Å²) in [6, 6.07) is 22.1. The van der Waals surface area contributed by atoms with Crippen molar-refractivity contribution < 1.29 is 0 Å². The lowest BCUT2D eigenvalue weighted by molar-refractivity contribution is 0.234. The zero-order valence-electron chi connectivity index (χ0n) is 16.1. The molecule has 0 saturated carbocycles. The normalized spacial score (nSPS) is 17.4. The van der Waals surface area contributed by atoms with Crippen molar-refractivity contribution in [1.82, 2.24) is 9.47 Å².